The van der Waals surface area contributed by atoms with Gasteiger partial charge in [0.2, 0.25) is 13.4 Å². The standard InChI is InChI=1S/C88H70B4N2O2/c1-54(2)61-48-67(55(3)4)85(68(49-61)56(5)6)92-72-42-22-25-45-81(72)96-82-53-80-73(51-74(82)92)89-71-47-46-62(95-7)50-79(71)93-77-43-23-20-40-69(77)90(83-63(57-28-12-8-13-29-57)36-26-37-64(83)58-30-14-9-15-31-58)75-52-76-88(86(89)87(75)93)94(80)78-44-24-21-41-70(78)91(76)84-65(59-32-16-10-17-33-59)38-27-39-66(84)60-34-18-11-19-35-60/h8-56H,1-7H3. The largest absolute Gasteiger partial charge is 0.497 e. The molecule has 0 aromatic heterocycles. The quantitative estimate of drug-likeness (QED) is 0.121. The summed E-state index contributed by atoms with van der Waals surface area (Å²) in [6.45, 7) is 13.4. The maximum absolute atomic E-state index is 7.51. The predicted molar refractivity (Wildman–Crippen MR) is 411 cm³/mol. The van der Waals surface area contributed by atoms with Gasteiger partial charge in [-0.1, -0.05) is 301 Å². The molecular weight excluding hydrogens is 1160 g/mol. The first-order valence-corrected chi connectivity index (χ1v) is 34.4. The van der Waals surface area contributed by atoms with Crippen LogP contribution < -0.4 is 84.8 Å². The molecule has 13 aromatic rings. The van der Waals surface area contributed by atoms with E-state index in [4.69, 9.17) is 9.47 Å². The van der Waals surface area contributed by atoms with E-state index in [9.17, 15) is 0 Å². The van der Waals surface area contributed by atoms with E-state index >= 15 is 0 Å². The second kappa shape index (κ2) is 22.8. The molecule has 8 heteroatoms. The fraction of sp³-hybridized carbons (Fsp3) is 0.114. The van der Waals surface area contributed by atoms with Crippen LogP contribution in [-0.2, 0) is 0 Å². The number of anilines is 6. The molecular formula is C88H70B4N2O2. The molecule has 0 saturated heterocycles. The monoisotopic (exact) mass is 1230 g/mol. The van der Waals surface area contributed by atoms with Crippen molar-refractivity contribution in [2.45, 2.75) is 59.3 Å². The van der Waals surface area contributed by atoms with Gasteiger partial charge < -0.3 is 19.3 Å². The molecule has 0 radical (unpaired) electrons. The molecule has 0 spiro atoms. The molecule has 0 fully saturated rings. The number of para-hydroxylation sites is 3. The van der Waals surface area contributed by atoms with Crippen LogP contribution in [-0.4, -0.2) is 34.0 Å². The average molecular weight is 1230 g/mol. The topological polar surface area (TPSA) is 24.9 Å². The normalized spacial score (nSPS) is 13.4. The van der Waals surface area contributed by atoms with E-state index in [1.54, 1.807) is 0 Å². The number of fused-ring (bicyclic) bond motifs is 12. The Labute approximate surface area is 566 Å². The first-order valence-electron chi connectivity index (χ1n) is 34.4. The summed E-state index contributed by atoms with van der Waals surface area (Å²) >= 11 is 0. The number of hydrogen-bond acceptors (Lipinski definition) is 4. The van der Waals surface area contributed by atoms with E-state index in [2.05, 4.69) is 330 Å². The third kappa shape index (κ3) is 8.80. The van der Waals surface area contributed by atoms with Crippen LogP contribution in [0.15, 0.2) is 279 Å². The zero-order valence-corrected chi connectivity index (χ0v) is 55.3. The van der Waals surface area contributed by atoms with Crippen LogP contribution in [0.4, 0.5) is 34.1 Å². The SMILES string of the molecule is COc1ccc2c(c1)N1c3ccccc3B(c3c(-c4ccccc4)cccc3-c3ccccc3)c3cc4c5c(c31)B2c1cc2c(cc1N5c1ccccc1B4c1c(-c3ccccc3)cccc1-c1ccccc1)Oc1ccccc1B2c1c(C(C)C)cc(C(C)C)cc1C(C)C. The molecule has 0 aliphatic carbocycles. The molecule has 5 aliphatic heterocycles. The number of hydrogen-bond donors (Lipinski definition) is 0. The van der Waals surface area contributed by atoms with Crippen LogP contribution in [0, 0.1) is 0 Å². The molecule has 13 aromatic carbocycles. The van der Waals surface area contributed by atoms with Gasteiger partial charge >= 0.3 is 0 Å². The second-order valence-corrected chi connectivity index (χ2v) is 27.8. The molecule has 0 N–H and O–H groups in total. The van der Waals surface area contributed by atoms with E-state index in [0.717, 1.165) is 40.0 Å². The van der Waals surface area contributed by atoms with Gasteiger partial charge in [-0.25, -0.2) is 0 Å². The van der Waals surface area contributed by atoms with Crippen LogP contribution in [0.5, 0.6) is 17.2 Å². The van der Waals surface area contributed by atoms with Crippen molar-refractivity contribution >= 4 is 127 Å². The Morgan fingerprint density at radius 3 is 1.15 bits per heavy atom. The molecule has 0 amide bonds. The van der Waals surface area contributed by atoms with Crippen molar-refractivity contribution in [1.29, 1.82) is 0 Å². The Balaban J connectivity index is 1.02. The third-order valence-corrected chi connectivity index (χ3v) is 21.6. The molecule has 0 unspecified atom stereocenters. The van der Waals surface area contributed by atoms with E-state index in [0.29, 0.717) is 5.92 Å². The summed E-state index contributed by atoms with van der Waals surface area (Å²) in [5.74, 6) is 3.54. The molecule has 456 valence electrons. The lowest BCUT2D eigenvalue weighted by molar-refractivity contribution is 0.415. The van der Waals surface area contributed by atoms with Gasteiger partial charge in [0.25, 0.3) is 13.4 Å². The molecule has 96 heavy (non-hydrogen) atoms. The van der Waals surface area contributed by atoms with Crippen molar-refractivity contribution in [1.82, 2.24) is 0 Å². The van der Waals surface area contributed by atoms with Crippen LogP contribution in [0.25, 0.3) is 44.5 Å². The molecule has 0 bridgehead atoms. The van der Waals surface area contributed by atoms with Crippen molar-refractivity contribution in [2.24, 2.45) is 0 Å². The highest BCUT2D eigenvalue weighted by Gasteiger charge is 2.54. The van der Waals surface area contributed by atoms with Gasteiger partial charge in [-0.3, -0.25) is 0 Å². The summed E-state index contributed by atoms with van der Waals surface area (Å²) in [7, 11) is 1.81. The van der Waals surface area contributed by atoms with E-state index in [1.807, 2.05) is 7.11 Å². The Bertz CT molecular complexity index is 5140. The zero-order valence-electron chi connectivity index (χ0n) is 55.3. The van der Waals surface area contributed by atoms with Gasteiger partial charge in [0, 0.05) is 46.3 Å². The van der Waals surface area contributed by atoms with E-state index < -0.39 is 0 Å². The molecule has 4 nitrogen and oxygen atoms in total. The number of nitrogens with zero attached hydrogens (tertiary/aromatic N) is 2. The molecule has 0 saturated carbocycles. The predicted octanol–water partition coefficient (Wildman–Crippen LogP) is 14.1. The first kappa shape index (κ1) is 57.9. The molecule has 18 rings (SSSR count). The zero-order chi connectivity index (χ0) is 64.6. The second-order valence-electron chi connectivity index (χ2n) is 27.8. The minimum absolute atomic E-state index is 0.116. The summed E-state index contributed by atoms with van der Waals surface area (Å²) in [5.41, 5.74) is 36.0. The van der Waals surface area contributed by atoms with Crippen molar-refractivity contribution < 1.29 is 9.47 Å². The Hall–Kier alpha value is -10.7. The maximum Gasteiger partial charge on any atom is 0.252 e. The van der Waals surface area contributed by atoms with Gasteiger partial charge in [0.1, 0.15) is 17.2 Å². The summed E-state index contributed by atoms with van der Waals surface area (Å²) in [6, 6.07) is 106. The number of ether oxygens (including phenoxy) is 2. The summed E-state index contributed by atoms with van der Waals surface area (Å²) in [5, 5.41) is 0. The lowest BCUT2D eigenvalue weighted by Gasteiger charge is -2.51. The lowest BCUT2D eigenvalue weighted by Crippen LogP contribution is -2.72. The maximum atomic E-state index is 7.51. The van der Waals surface area contributed by atoms with Crippen molar-refractivity contribution in [3.05, 3.63) is 296 Å². The Morgan fingerprint density at radius 1 is 0.292 bits per heavy atom. The average Bonchev–Trinajstić information content (AvgIpc) is 0.665. The number of rotatable bonds is 11. The van der Waals surface area contributed by atoms with Gasteiger partial charge in [-0.05, 0) is 152 Å². The number of methoxy groups -OCH3 is 1. The number of benzene rings is 13. The van der Waals surface area contributed by atoms with E-state index in [1.165, 1.54) is 138 Å². The first-order chi connectivity index (χ1) is 47.1. The van der Waals surface area contributed by atoms with Gasteiger partial charge in [0.05, 0.1) is 7.11 Å². The smallest absolute Gasteiger partial charge is 0.252 e. The van der Waals surface area contributed by atoms with Crippen LogP contribution >= 0.6 is 0 Å². The van der Waals surface area contributed by atoms with Crippen molar-refractivity contribution in [2.75, 3.05) is 16.9 Å². The van der Waals surface area contributed by atoms with E-state index in [-0.39, 0.29) is 38.7 Å². The van der Waals surface area contributed by atoms with Crippen LogP contribution in [0.1, 0.15) is 76.0 Å². The highest BCUT2D eigenvalue weighted by molar-refractivity contribution is 7.07. The fourth-order valence-electron chi connectivity index (χ4n) is 17.4. The highest BCUT2D eigenvalue weighted by atomic mass is 16.5. The van der Waals surface area contributed by atoms with Gasteiger partial charge in [-0.2, -0.15) is 0 Å². The van der Waals surface area contributed by atoms with Crippen LogP contribution in [0.2, 0.25) is 0 Å². The molecule has 0 atom stereocenters. The summed E-state index contributed by atoms with van der Waals surface area (Å²) < 4.78 is 13.9. The summed E-state index contributed by atoms with van der Waals surface area (Å²) in [4.78, 5) is 5.33. The Kier molecular flexibility index (Phi) is 13.7. The fourth-order valence-corrected chi connectivity index (χ4v) is 17.4. The van der Waals surface area contributed by atoms with Gasteiger partial charge in [0.15, 0.2) is 0 Å². The minimum atomic E-state index is -0.245. The summed E-state index contributed by atoms with van der Waals surface area (Å²) in [6.07, 6.45) is 0. The highest BCUT2D eigenvalue weighted by Crippen LogP contribution is 2.48. The molecule has 5 aliphatic rings. The third-order valence-electron chi connectivity index (χ3n) is 21.6. The van der Waals surface area contributed by atoms with Crippen LogP contribution in [0.3, 0.4) is 0 Å². The van der Waals surface area contributed by atoms with Crippen molar-refractivity contribution in [3.63, 3.8) is 0 Å². The lowest BCUT2D eigenvalue weighted by atomic mass is 9.25. The molecule has 5 heterocycles. The minimum Gasteiger partial charge on any atom is -0.497 e. The van der Waals surface area contributed by atoms with Crippen molar-refractivity contribution in [3.8, 4) is 61.8 Å². The Morgan fingerprint density at radius 2 is 0.688 bits per heavy atom. The van der Waals surface area contributed by atoms with Gasteiger partial charge in [-0.15, -0.1) is 0 Å².